The molecule has 0 aliphatic carbocycles. The van der Waals surface area contributed by atoms with E-state index < -0.39 is 12.1 Å². The van der Waals surface area contributed by atoms with Crippen molar-refractivity contribution < 1.29 is 19.7 Å². The average molecular weight is 413 g/mol. The number of hydrogen-bond donors (Lipinski definition) is 2. The molecule has 2 saturated heterocycles. The molecule has 2 fully saturated rings. The first-order valence-electron chi connectivity index (χ1n) is 11.5. The number of benzene rings is 1. The van der Waals surface area contributed by atoms with Crippen molar-refractivity contribution in [2.45, 2.75) is 82.5 Å². The predicted octanol–water partition coefficient (Wildman–Crippen LogP) is 5.48. The Hall–Kier alpha value is -1.91. The van der Waals surface area contributed by atoms with Crippen LogP contribution in [0.3, 0.4) is 0 Å². The maximum Gasteiger partial charge on any atom is 0.303 e. The number of carboxylic acids is 1. The van der Waals surface area contributed by atoms with E-state index in [0.29, 0.717) is 24.4 Å². The number of fused-ring (bicyclic) bond motifs is 2. The second-order valence-electron chi connectivity index (χ2n) is 8.71. The van der Waals surface area contributed by atoms with Crippen LogP contribution in [0, 0.1) is 11.8 Å². The van der Waals surface area contributed by atoms with Gasteiger partial charge in [0.05, 0.1) is 18.3 Å². The summed E-state index contributed by atoms with van der Waals surface area (Å²) < 4.78 is 6.19. The summed E-state index contributed by atoms with van der Waals surface area (Å²) in [5, 5.41) is 19.7. The van der Waals surface area contributed by atoms with Crippen molar-refractivity contribution in [3.05, 3.63) is 60.2 Å². The number of ether oxygens (including phenoxy) is 1. The molecule has 1 aromatic carbocycles. The molecule has 4 heteroatoms. The second-order valence-corrected chi connectivity index (χ2v) is 8.71. The van der Waals surface area contributed by atoms with E-state index in [1.807, 2.05) is 24.3 Å². The van der Waals surface area contributed by atoms with Crippen molar-refractivity contribution in [1.29, 1.82) is 0 Å². The van der Waals surface area contributed by atoms with Gasteiger partial charge in [0.2, 0.25) is 0 Å². The normalized spacial score (nSPS) is 27.8. The summed E-state index contributed by atoms with van der Waals surface area (Å²) in [5.74, 6) is 0.189. The topological polar surface area (TPSA) is 66.8 Å². The van der Waals surface area contributed by atoms with E-state index in [-0.39, 0.29) is 18.4 Å². The fraction of sp³-hybridized carbons (Fsp3) is 0.577. The van der Waals surface area contributed by atoms with Gasteiger partial charge in [-0.3, -0.25) is 4.79 Å². The zero-order valence-electron chi connectivity index (χ0n) is 18.0. The minimum atomic E-state index is -0.731. The van der Waals surface area contributed by atoms with Gasteiger partial charge in [-0.05, 0) is 50.0 Å². The lowest BCUT2D eigenvalue weighted by Gasteiger charge is -2.26. The number of carboxylic acid groups (broad SMARTS) is 1. The third-order valence-corrected chi connectivity index (χ3v) is 6.59. The zero-order valence-corrected chi connectivity index (χ0v) is 18.0. The minimum Gasteiger partial charge on any atom is -0.481 e. The molecule has 4 nitrogen and oxygen atoms in total. The van der Waals surface area contributed by atoms with E-state index in [9.17, 15) is 9.90 Å². The van der Waals surface area contributed by atoms with Crippen LogP contribution in [0.5, 0.6) is 0 Å². The Morgan fingerprint density at radius 3 is 2.70 bits per heavy atom. The molecule has 2 N–H and O–H groups in total. The summed E-state index contributed by atoms with van der Waals surface area (Å²) in [6.07, 6.45) is 15.5. The number of aliphatic hydroxyl groups excluding tert-OH is 1. The van der Waals surface area contributed by atoms with Gasteiger partial charge < -0.3 is 14.9 Å². The Morgan fingerprint density at radius 1 is 1.20 bits per heavy atom. The number of aliphatic hydroxyl groups is 1. The molecule has 164 valence electrons. The van der Waals surface area contributed by atoms with E-state index in [2.05, 4.69) is 37.3 Å². The summed E-state index contributed by atoms with van der Waals surface area (Å²) in [4.78, 5) is 10.6. The Kier molecular flexibility index (Phi) is 8.71. The second kappa shape index (κ2) is 11.5. The van der Waals surface area contributed by atoms with E-state index in [0.717, 1.165) is 38.5 Å². The standard InChI is InChI=1S/C26H36O4/c1-2-10-20(19-11-6-5-7-12-19)23(27)16-15-22-21(24-17-18-25(22)30-24)13-8-3-4-9-14-26(28)29/h3,5-8,11-12,15-16,20-25,27H,2,4,9-10,13-14,17-18H2,1H3,(H,28,29)/b8-3-,16-15+/t20?,21-,22+,23?,24-,25+/m1/s1. The molecule has 6 atom stereocenters. The molecule has 2 aliphatic heterocycles. The fourth-order valence-corrected chi connectivity index (χ4v) is 5.05. The smallest absolute Gasteiger partial charge is 0.303 e. The third-order valence-electron chi connectivity index (χ3n) is 6.59. The quantitative estimate of drug-likeness (QED) is 0.352. The summed E-state index contributed by atoms with van der Waals surface area (Å²) in [6.45, 7) is 2.16. The molecule has 3 rings (SSSR count). The lowest BCUT2D eigenvalue weighted by Crippen LogP contribution is -2.26. The number of allylic oxidation sites excluding steroid dienone is 2. The van der Waals surface area contributed by atoms with Crippen LogP contribution in [0.25, 0.3) is 0 Å². The van der Waals surface area contributed by atoms with Gasteiger partial charge in [-0.1, -0.05) is 68.0 Å². The highest BCUT2D eigenvalue weighted by molar-refractivity contribution is 5.66. The summed E-state index contributed by atoms with van der Waals surface area (Å²) in [6, 6.07) is 10.3. The lowest BCUT2D eigenvalue weighted by molar-refractivity contribution is -0.137. The summed E-state index contributed by atoms with van der Waals surface area (Å²) in [5.41, 5.74) is 1.20. The van der Waals surface area contributed by atoms with Gasteiger partial charge in [-0.2, -0.15) is 0 Å². The largest absolute Gasteiger partial charge is 0.481 e. The number of rotatable bonds is 12. The highest BCUT2D eigenvalue weighted by Crippen LogP contribution is 2.46. The molecule has 0 aromatic heterocycles. The van der Waals surface area contributed by atoms with Crippen molar-refractivity contribution in [3.8, 4) is 0 Å². The molecule has 0 amide bonds. The van der Waals surface area contributed by atoms with Crippen LogP contribution in [-0.4, -0.2) is 34.5 Å². The van der Waals surface area contributed by atoms with Gasteiger partial charge in [-0.15, -0.1) is 0 Å². The molecular weight excluding hydrogens is 376 g/mol. The van der Waals surface area contributed by atoms with Gasteiger partial charge in [0.15, 0.2) is 0 Å². The van der Waals surface area contributed by atoms with Crippen molar-refractivity contribution in [2.75, 3.05) is 0 Å². The molecule has 0 radical (unpaired) electrons. The number of hydrogen-bond acceptors (Lipinski definition) is 3. The lowest BCUT2D eigenvalue weighted by atomic mass is 9.76. The molecule has 0 spiro atoms. The van der Waals surface area contributed by atoms with Crippen LogP contribution >= 0.6 is 0 Å². The molecule has 2 heterocycles. The van der Waals surface area contributed by atoms with Crippen LogP contribution in [-0.2, 0) is 9.53 Å². The van der Waals surface area contributed by atoms with Crippen LogP contribution in [0.4, 0.5) is 0 Å². The molecular formula is C26H36O4. The van der Waals surface area contributed by atoms with E-state index in [1.54, 1.807) is 0 Å². The average Bonchev–Trinajstić information content (AvgIpc) is 3.35. The van der Waals surface area contributed by atoms with Crippen molar-refractivity contribution in [1.82, 2.24) is 0 Å². The maximum atomic E-state index is 10.9. The zero-order chi connectivity index (χ0) is 21.3. The molecule has 2 bridgehead atoms. The first-order valence-corrected chi connectivity index (χ1v) is 11.5. The number of carbonyl (C=O) groups is 1. The highest BCUT2D eigenvalue weighted by atomic mass is 16.5. The third kappa shape index (κ3) is 6.05. The summed E-state index contributed by atoms with van der Waals surface area (Å²) in [7, 11) is 0. The summed E-state index contributed by atoms with van der Waals surface area (Å²) >= 11 is 0. The van der Waals surface area contributed by atoms with E-state index in [4.69, 9.17) is 9.84 Å². The van der Waals surface area contributed by atoms with E-state index >= 15 is 0 Å². The SMILES string of the molecule is CCCC(c1ccccc1)C(O)/C=C/[C@H]1[C@@H](C/C=C\CCCC(=O)O)[C@H]2CC[C@@H]1O2. The molecule has 2 unspecified atom stereocenters. The van der Waals surface area contributed by atoms with Gasteiger partial charge >= 0.3 is 5.97 Å². The van der Waals surface area contributed by atoms with E-state index in [1.165, 1.54) is 5.56 Å². The van der Waals surface area contributed by atoms with Gasteiger partial charge in [0.1, 0.15) is 0 Å². The minimum absolute atomic E-state index is 0.125. The maximum absolute atomic E-state index is 10.9. The van der Waals surface area contributed by atoms with Crippen LogP contribution in [0.1, 0.15) is 69.8 Å². The molecule has 2 aliphatic rings. The number of aliphatic carboxylic acids is 1. The first kappa shape index (κ1) is 22.8. The molecule has 30 heavy (non-hydrogen) atoms. The Morgan fingerprint density at radius 2 is 1.97 bits per heavy atom. The van der Waals surface area contributed by atoms with Crippen molar-refractivity contribution in [3.63, 3.8) is 0 Å². The number of unbranched alkanes of at least 4 members (excludes halogenated alkanes) is 1. The highest BCUT2D eigenvalue weighted by Gasteiger charge is 2.46. The molecule has 1 aromatic rings. The van der Waals surface area contributed by atoms with Gasteiger partial charge in [-0.25, -0.2) is 0 Å². The van der Waals surface area contributed by atoms with Crippen molar-refractivity contribution in [2.24, 2.45) is 11.8 Å². The Labute approximate surface area is 180 Å². The van der Waals surface area contributed by atoms with Crippen LogP contribution in [0.2, 0.25) is 0 Å². The fourth-order valence-electron chi connectivity index (χ4n) is 5.05. The van der Waals surface area contributed by atoms with Crippen LogP contribution in [0.15, 0.2) is 54.6 Å². The van der Waals surface area contributed by atoms with Gasteiger partial charge in [0, 0.05) is 18.3 Å². The Balaban J connectivity index is 1.59. The molecule has 0 saturated carbocycles. The predicted molar refractivity (Wildman–Crippen MR) is 119 cm³/mol. The monoisotopic (exact) mass is 412 g/mol. The van der Waals surface area contributed by atoms with Gasteiger partial charge in [0.25, 0.3) is 0 Å². The van der Waals surface area contributed by atoms with Crippen LogP contribution < -0.4 is 0 Å². The first-order chi connectivity index (χ1) is 14.6. The Bertz CT molecular complexity index is 711. The van der Waals surface area contributed by atoms with Crippen molar-refractivity contribution >= 4 is 5.97 Å².